The highest BCUT2D eigenvalue weighted by Gasteiger charge is 2.76. The molecule has 0 N–H and O–H groups in total. The van der Waals surface area contributed by atoms with Crippen LogP contribution in [-0.4, -0.2) is 29.0 Å². The molecule has 1 spiro atoms. The summed E-state index contributed by atoms with van der Waals surface area (Å²) in [6.45, 7) is 1.95. The van der Waals surface area contributed by atoms with E-state index in [1.54, 1.807) is 53.4 Å². The highest BCUT2D eigenvalue weighted by Crippen LogP contribution is 2.59. The molecule has 0 bridgehead atoms. The molecule has 0 saturated carbocycles. The molecular weight excluding hydrogens is 498 g/mol. The van der Waals surface area contributed by atoms with Gasteiger partial charge in [-0.05, 0) is 36.8 Å². The SMILES string of the molecule is Cc1ccc([C@@H]2[C@@H]3C(=O)OC(=O)[C@H]3C3(C(=O)c4ccccc4C3=O)N2c2ccc(Br)cc2)cc1. The van der Waals surface area contributed by atoms with Gasteiger partial charge in [-0.2, -0.15) is 0 Å². The Morgan fingerprint density at radius 2 is 1.38 bits per heavy atom. The van der Waals surface area contributed by atoms with Gasteiger partial charge in [-0.1, -0.05) is 70.0 Å². The van der Waals surface area contributed by atoms with Crippen molar-refractivity contribution in [3.63, 3.8) is 0 Å². The number of rotatable bonds is 2. The first-order chi connectivity index (χ1) is 16.4. The molecule has 3 atom stereocenters. The average molecular weight is 516 g/mol. The topological polar surface area (TPSA) is 80.8 Å². The maximum absolute atomic E-state index is 14.1. The van der Waals surface area contributed by atoms with Crippen molar-refractivity contribution in [2.75, 3.05) is 4.90 Å². The predicted octanol–water partition coefficient (Wildman–Crippen LogP) is 4.45. The lowest BCUT2D eigenvalue weighted by molar-refractivity contribution is -0.154. The molecule has 3 aromatic rings. The number of carbonyl (C=O) groups excluding carboxylic acids is 4. The van der Waals surface area contributed by atoms with E-state index in [9.17, 15) is 19.2 Å². The molecule has 6 nitrogen and oxygen atoms in total. The van der Waals surface area contributed by atoms with E-state index in [2.05, 4.69) is 15.9 Å². The summed E-state index contributed by atoms with van der Waals surface area (Å²) in [6.07, 6.45) is 0. The molecule has 1 aliphatic carbocycles. The van der Waals surface area contributed by atoms with E-state index in [-0.39, 0.29) is 11.1 Å². The second-order valence-electron chi connectivity index (χ2n) is 8.92. The summed E-state index contributed by atoms with van der Waals surface area (Å²) in [5.74, 6) is -4.75. The number of carbonyl (C=O) groups is 4. The number of cyclic esters (lactones) is 2. The molecule has 34 heavy (non-hydrogen) atoms. The summed E-state index contributed by atoms with van der Waals surface area (Å²) in [6, 6.07) is 20.6. The fourth-order valence-corrected chi connectivity index (χ4v) is 6.03. The number of halogens is 1. The van der Waals surface area contributed by atoms with E-state index >= 15 is 0 Å². The van der Waals surface area contributed by atoms with Crippen LogP contribution in [0.3, 0.4) is 0 Å². The van der Waals surface area contributed by atoms with Crippen molar-refractivity contribution < 1.29 is 23.9 Å². The van der Waals surface area contributed by atoms with Crippen molar-refractivity contribution in [3.05, 3.63) is 99.5 Å². The van der Waals surface area contributed by atoms with Crippen LogP contribution in [0.2, 0.25) is 0 Å². The zero-order chi connectivity index (χ0) is 23.8. The van der Waals surface area contributed by atoms with Crippen LogP contribution in [0.1, 0.15) is 37.9 Å². The van der Waals surface area contributed by atoms with Crippen LogP contribution in [0, 0.1) is 18.8 Å². The third-order valence-corrected chi connectivity index (χ3v) is 7.70. The quantitative estimate of drug-likeness (QED) is 0.370. The molecule has 0 radical (unpaired) electrons. The number of anilines is 1. The van der Waals surface area contributed by atoms with E-state index in [4.69, 9.17) is 4.74 Å². The van der Waals surface area contributed by atoms with Crippen molar-refractivity contribution in [2.45, 2.75) is 18.5 Å². The molecule has 0 amide bonds. The van der Waals surface area contributed by atoms with Gasteiger partial charge in [0.15, 0.2) is 17.1 Å². The fraction of sp³-hybridized carbons (Fsp3) is 0.185. The van der Waals surface area contributed by atoms with Crippen molar-refractivity contribution in [1.82, 2.24) is 0 Å². The number of hydrogen-bond acceptors (Lipinski definition) is 6. The first-order valence-electron chi connectivity index (χ1n) is 10.9. The van der Waals surface area contributed by atoms with Crippen LogP contribution >= 0.6 is 15.9 Å². The minimum Gasteiger partial charge on any atom is -0.393 e. The molecule has 0 aromatic heterocycles. The summed E-state index contributed by atoms with van der Waals surface area (Å²) in [7, 11) is 0. The second kappa shape index (κ2) is 7.21. The molecule has 3 aromatic carbocycles. The Morgan fingerprint density at radius 1 is 0.794 bits per heavy atom. The van der Waals surface area contributed by atoms with Crippen molar-refractivity contribution in [3.8, 4) is 0 Å². The molecule has 2 heterocycles. The number of benzene rings is 3. The molecule has 6 rings (SSSR count). The van der Waals surface area contributed by atoms with E-state index in [0.29, 0.717) is 5.69 Å². The summed E-state index contributed by atoms with van der Waals surface area (Å²) >= 11 is 3.43. The summed E-state index contributed by atoms with van der Waals surface area (Å²) in [5.41, 5.74) is 0.923. The van der Waals surface area contributed by atoms with Gasteiger partial charge < -0.3 is 9.64 Å². The molecule has 7 heteroatoms. The minimum atomic E-state index is -1.90. The van der Waals surface area contributed by atoms with Crippen LogP contribution in [0.25, 0.3) is 0 Å². The van der Waals surface area contributed by atoms with Crippen molar-refractivity contribution in [2.24, 2.45) is 11.8 Å². The normalized spacial score (nSPS) is 24.5. The van der Waals surface area contributed by atoms with Crippen LogP contribution in [-0.2, 0) is 14.3 Å². The van der Waals surface area contributed by atoms with Gasteiger partial charge in [-0.3, -0.25) is 19.2 Å². The number of hydrogen-bond donors (Lipinski definition) is 0. The number of aryl methyl sites for hydroxylation is 1. The number of ketones is 2. The van der Waals surface area contributed by atoms with Gasteiger partial charge in [0.25, 0.3) is 0 Å². The first kappa shape index (κ1) is 21.0. The Balaban J connectivity index is 1.68. The number of ether oxygens (including phenoxy) is 1. The van der Waals surface area contributed by atoms with E-state index in [1.807, 2.05) is 31.2 Å². The third-order valence-electron chi connectivity index (χ3n) is 7.17. The van der Waals surface area contributed by atoms with Crippen LogP contribution in [0.5, 0.6) is 0 Å². The van der Waals surface area contributed by atoms with Crippen molar-refractivity contribution >= 4 is 45.1 Å². The zero-order valence-corrected chi connectivity index (χ0v) is 19.6. The lowest BCUT2D eigenvalue weighted by Crippen LogP contribution is -2.59. The van der Waals surface area contributed by atoms with Gasteiger partial charge >= 0.3 is 11.9 Å². The fourth-order valence-electron chi connectivity index (χ4n) is 5.76. The number of fused-ring (bicyclic) bond motifs is 3. The van der Waals surface area contributed by atoms with Gasteiger partial charge in [0, 0.05) is 21.3 Å². The lowest BCUT2D eigenvalue weighted by Gasteiger charge is -2.39. The van der Waals surface area contributed by atoms with E-state index in [0.717, 1.165) is 15.6 Å². The third kappa shape index (κ3) is 2.56. The number of Topliss-reactive ketones (excluding diaryl/α,β-unsaturated/α-hetero) is 2. The Labute approximate surface area is 203 Å². The molecule has 0 unspecified atom stereocenters. The van der Waals surface area contributed by atoms with Crippen LogP contribution < -0.4 is 4.90 Å². The predicted molar refractivity (Wildman–Crippen MR) is 126 cm³/mol. The largest absolute Gasteiger partial charge is 0.393 e. The Kier molecular flexibility index (Phi) is 4.45. The average Bonchev–Trinajstić information content (AvgIpc) is 3.39. The summed E-state index contributed by atoms with van der Waals surface area (Å²) in [4.78, 5) is 56.2. The highest BCUT2D eigenvalue weighted by molar-refractivity contribution is 9.10. The maximum Gasteiger partial charge on any atom is 0.320 e. The number of esters is 2. The Bertz CT molecular complexity index is 1360. The minimum absolute atomic E-state index is 0.255. The van der Waals surface area contributed by atoms with E-state index in [1.165, 1.54) is 0 Å². The smallest absolute Gasteiger partial charge is 0.320 e. The Hall–Kier alpha value is -3.58. The molecule has 2 saturated heterocycles. The van der Waals surface area contributed by atoms with Crippen LogP contribution in [0.4, 0.5) is 5.69 Å². The lowest BCUT2D eigenvalue weighted by atomic mass is 9.76. The van der Waals surface area contributed by atoms with E-state index < -0.39 is 46.9 Å². The molecule has 2 fully saturated rings. The standard InChI is InChI=1S/C27H18BrNO5/c1-14-6-8-15(9-7-14)22-20-21(26(33)34-25(20)32)27(29(22)17-12-10-16(28)11-13-17)23(30)18-4-2-3-5-19(18)24(27)31/h2-13,20-22H,1H3/t20-,21+,22-/m1/s1. The zero-order valence-electron chi connectivity index (χ0n) is 18.0. The number of nitrogens with zero attached hydrogens (tertiary/aromatic N) is 1. The maximum atomic E-state index is 14.1. The molecular formula is C27H18BrNO5. The molecule has 2 aliphatic heterocycles. The second-order valence-corrected chi connectivity index (χ2v) is 9.83. The monoisotopic (exact) mass is 515 g/mol. The van der Waals surface area contributed by atoms with Gasteiger partial charge in [0.05, 0.1) is 12.0 Å². The summed E-state index contributed by atoms with van der Waals surface area (Å²) < 4.78 is 5.89. The first-order valence-corrected chi connectivity index (χ1v) is 11.7. The van der Waals surface area contributed by atoms with Crippen molar-refractivity contribution in [1.29, 1.82) is 0 Å². The summed E-state index contributed by atoms with van der Waals surface area (Å²) in [5, 5.41) is 0. The van der Waals surface area contributed by atoms with Gasteiger partial charge in [0.2, 0.25) is 0 Å². The Morgan fingerprint density at radius 3 is 1.97 bits per heavy atom. The van der Waals surface area contributed by atoms with Crippen LogP contribution in [0.15, 0.2) is 77.3 Å². The van der Waals surface area contributed by atoms with Gasteiger partial charge in [-0.15, -0.1) is 0 Å². The van der Waals surface area contributed by atoms with Gasteiger partial charge in [0.1, 0.15) is 5.92 Å². The molecule has 3 aliphatic rings. The molecule has 168 valence electrons. The van der Waals surface area contributed by atoms with Gasteiger partial charge in [-0.25, -0.2) is 0 Å². The highest BCUT2D eigenvalue weighted by atomic mass is 79.9.